The van der Waals surface area contributed by atoms with Gasteiger partial charge in [0.2, 0.25) is 0 Å². The smallest absolute Gasteiger partial charge is 0.147 e. The van der Waals surface area contributed by atoms with Gasteiger partial charge in [0.05, 0.1) is 5.03 Å². The summed E-state index contributed by atoms with van der Waals surface area (Å²) in [7, 11) is 0. The van der Waals surface area contributed by atoms with E-state index in [2.05, 4.69) is 0 Å². The first-order valence-electron chi connectivity index (χ1n) is 4.35. The number of aryl methyl sites for hydroxylation is 1. The topological polar surface area (TPSA) is 17.1 Å². The second-order valence-corrected chi connectivity index (χ2v) is 4.07. The van der Waals surface area contributed by atoms with Crippen molar-refractivity contribution in [1.82, 2.24) is 0 Å². The monoisotopic (exact) mass is 226 g/mol. The lowest BCUT2D eigenvalue weighted by atomic mass is 9.92. The van der Waals surface area contributed by atoms with Crippen molar-refractivity contribution in [1.29, 1.82) is 0 Å². The second kappa shape index (κ2) is 3.76. The zero-order valence-corrected chi connectivity index (χ0v) is 8.90. The van der Waals surface area contributed by atoms with E-state index in [9.17, 15) is 4.79 Å². The van der Waals surface area contributed by atoms with Gasteiger partial charge in [-0.1, -0.05) is 29.3 Å². The molecule has 1 aliphatic rings. The van der Waals surface area contributed by atoms with E-state index in [1.807, 2.05) is 18.2 Å². The molecule has 1 nitrogen and oxygen atoms in total. The van der Waals surface area contributed by atoms with Crippen LogP contribution in [0.5, 0.6) is 0 Å². The zero-order chi connectivity index (χ0) is 10.1. The van der Waals surface area contributed by atoms with Crippen molar-refractivity contribution in [2.24, 2.45) is 0 Å². The fourth-order valence-electron chi connectivity index (χ4n) is 1.63. The zero-order valence-electron chi connectivity index (χ0n) is 7.39. The number of benzene rings is 1. The third kappa shape index (κ3) is 1.58. The molecule has 0 aliphatic heterocycles. The molecule has 0 aromatic heterocycles. The van der Waals surface area contributed by atoms with Crippen molar-refractivity contribution in [3.05, 3.63) is 39.9 Å². The third-order valence-electron chi connectivity index (χ3n) is 2.40. The molecule has 3 heteroatoms. The van der Waals surface area contributed by atoms with Crippen LogP contribution in [0.2, 0.25) is 5.02 Å². The number of aldehydes is 1. The van der Waals surface area contributed by atoms with Crippen LogP contribution in [-0.4, -0.2) is 6.29 Å². The number of carbonyl (C=O) groups excluding carboxylic acids is 1. The molecule has 72 valence electrons. The minimum absolute atomic E-state index is 0.545. The third-order valence-corrected chi connectivity index (χ3v) is 3.08. The minimum Gasteiger partial charge on any atom is -0.298 e. The molecule has 0 saturated carbocycles. The molecule has 0 N–H and O–H groups in total. The van der Waals surface area contributed by atoms with Gasteiger partial charge in [-0.15, -0.1) is 0 Å². The molecule has 0 bridgehead atoms. The van der Waals surface area contributed by atoms with Gasteiger partial charge in [-0.25, -0.2) is 0 Å². The summed E-state index contributed by atoms with van der Waals surface area (Å²) < 4.78 is 0. The number of hydrogen-bond donors (Lipinski definition) is 0. The largest absolute Gasteiger partial charge is 0.298 e. The van der Waals surface area contributed by atoms with Crippen LogP contribution in [0.25, 0.3) is 5.03 Å². The summed E-state index contributed by atoms with van der Waals surface area (Å²) in [4.78, 5) is 10.7. The van der Waals surface area contributed by atoms with E-state index in [1.54, 1.807) is 0 Å². The van der Waals surface area contributed by atoms with Crippen molar-refractivity contribution in [2.45, 2.75) is 12.8 Å². The summed E-state index contributed by atoms with van der Waals surface area (Å²) >= 11 is 11.9. The van der Waals surface area contributed by atoms with Crippen LogP contribution in [0.4, 0.5) is 0 Å². The first kappa shape index (κ1) is 9.75. The van der Waals surface area contributed by atoms with E-state index in [-0.39, 0.29) is 0 Å². The average Bonchev–Trinajstić information content (AvgIpc) is 2.20. The molecule has 1 aromatic carbocycles. The highest BCUT2D eigenvalue weighted by atomic mass is 35.5. The highest BCUT2D eigenvalue weighted by Gasteiger charge is 2.16. The van der Waals surface area contributed by atoms with Gasteiger partial charge in [0.25, 0.3) is 0 Å². The second-order valence-electron chi connectivity index (χ2n) is 3.26. The molecular formula is C11H8Cl2O. The Morgan fingerprint density at radius 2 is 2.00 bits per heavy atom. The summed E-state index contributed by atoms with van der Waals surface area (Å²) in [5.41, 5.74) is 2.72. The molecule has 0 unspecified atom stereocenters. The maximum absolute atomic E-state index is 10.7. The van der Waals surface area contributed by atoms with E-state index in [0.29, 0.717) is 15.6 Å². The van der Waals surface area contributed by atoms with Crippen LogP contribution in [0.15, 0.2) is 23.8 Å². The first-order chi connectivity index (χ1) is 6.72. The van der Waals surface area contributed by atoms with E-state index >= 15 is 0 Å². The Morgan fingerprint density at radius 3 is 2.71 bits per heavy atom. The molecule has 2 rings (SSSR count). The number of rotatable bonds is 1. The Hall–Kier alpha value is -0.790. The molecule has 0 spiro atoms. The number of allylic oxidation sites excluding steroid dienone is 1. The quantitative estimate of drug-likeness (QED) is 0.671. The average molecular weight is 227 g/mol. The highest BCUT2D eigenvalue weighted by molar-refractivity contribution is 6.51. The Labute approximate surface area is 92.3 Å². The van der Waals surface area contributed by atoms with Crippen molar-refractivity contribution < 1.29 is 4.79 Å². The predicted molar refractivity (Wildman–Crippen MR) is 58.6 cm³/mol. The van der Waals surface area contributed by atoms with Crippen molar-refractivity contribution in [2.75, 3.05) is 0 Å². The SMILES string of the molecule is O=CC1=C(Cl)c2cc(Cl)ccc2CC1. The van der Waals surface area contributed by atoms with E-state index in [1.165, 1.54) is 0 Å². The van der Waals surface area contributed by atoms with Gasteiger partial charge in [-0.05, 0) is 36.1 Å². The highest BCUT2D eigenvalue weighted by Crippen LogP contribution is 2.34. The molecule has 1 aromatic rings. The Bertz CT molecular complexity index is 421. The molecule has 0 atom stereocenters. The Balaban J connectivity index is 2.60. The van der Waals surface area contributed by atoms with Gasteiger partial charge in [-0.3, -0.25) is 4.79 Å². The summed E-state index contributed by atoms with van der Waals surface area (Å²) in [5, 5.41) is 1.19. The van der Waals surface area contributed by atoms with Crippen LogP contribution in [-0.2, 0) is 11.2 Å². The first-order valence-corrected chi connectivity index (χ1v) is 5.10. The molecule has 0 heterocycles. The Morgan fingerprint density at radius 1 is 1.21 bits per heavy atom. The lowest BCUT2D eigenvalue weighted by molar-refractivity contribution is -0.105. The van der Waals surface area contributed by atoms with Gasteiger partial charge in [0, 0.05) is 10.6 Å². The van der Waals surface area contributed by atoms with Gasteiger partial charge >= 0.3 is 0 Å². The van der Waals surface area contributed by atoms with Gasteiger partial charge < -0.3 is 0 Å². The normalized spacial score (nSPS) is 15.3. The molecular weight excluding hydrogens is 219 g/mol. The number of halogens is 2. The molecule has 1 aliphatic carbocycles. The fraction of sp³-hybridized carbons (Fsp3) is 0.182. The molecule has 0 fully saturated rings. The number of fused-ring (bicyclic) bond motifs is 1. The van der Waals surface area contributed by atoms with Crippen LogP contribution < -0.4 is 0 Å². The molecule has 0 saturated heterocycles. The fourth-order valence-corrected chi connectivity index (χ4v) is 2.12. The van der Waals surface area contributed by atoms with Gasteiger partial charge in [-0.2, -0.15) is 0 Å². The lowest BCUT2D eigenvalue weighted by Gasteiger charge is -2.16. The summed E-state index contributed by atoms with van der Waals surface area (Å²) in [6, 6.07) is 5.61. The summed E-state index contributed by atoms with van der Waals surface area (Å²) in [6.07, 6.45) is 2.40. The minimum atomic E-state index is 0.545. The van der Waals surface area contributed by atoms with Crippen LogP contribution >= 0.6 is 23.2 Å². The van der Waals surface area contributed by atoms with Crippen LogP contribution in [0.3, 0.4) is 0 Å². The number of carbonyl (C=O) groups is 1. The van der Waals surface area contributed by atoms with E-state index < -0.39 is 0 Å². The van der Waals surface area contributed by atoms with E-state index in [0.717, 1.165) is 30.3 Å². The molecule has 14 heavy (non-hydrogen) atoms. The Kier molecular flexibility index (Phi) is 2.62. The lowest BCUT2D eigenvalue weighted by Crippen LogP contribution is -2.03. The van der Waals surface area contributed by atoms with Gasteiger partial charge in [0.1, 0.15) is 6.29 Å². The van der Waals surface area contributed by atoms with Crippen LogP contribution in [0.1, 0.15) is 17.5 Å². The maximum Gasteiger partial charge on any atom is 0.147 e. The van der Waals surface area contributed by atoms with Crippen LogP contribution in [0, 0.1) is 0 Å². The summed E-state index contributed by atoms with van der Waals surface area (Å²) in [6.45, 7) is 0. The molecule has 0 radical (unpaired) electrons. The standard InChI is InChI=1S/C11H8Cl2O/c12-9-4-3-7-1-2-8(6-14)11(13)10(7)5-9/h3-6H,1-2H2. The van der Waals surface area contributed by atoms with Crippen molar-refractivity contribution in [3.63, 3.8) is 0 Å². The van der Waals surface area contributed by atoms with Crippen molar-refractivity contribution in [3.8, 4) is 0 Å². The van der Waals surface area contributed by atoms with E-state index in [4.69, 9.17) is 23.2 Å². The molecule has 0 amide bonds. The summed E-state index contributed by atoms with van der Waals surface area (Å²) in [5.74, 6) is 0. The number of hydrogen-bond acceptors (Lipinski definition) is 1. The predicted octanol–water partition coefficient (Wildman–Crippen LogP) is 3.44. The van der Waals surface area contributed by atoms with Crippen molar-refractivity contribution >= 4 is 34.5 Å². The maximum atomic E-state index is 10.7. The van der Waals surface area contributed by atoms with Gasteiger partial charge in [0.15, 0.2) is 0 Å².